The van der Waals surface area contributed by atoms with E-state index in [0.717, 1.165) is 12.8 Å². The highest BCUT2D eigenvalue weighted by Crippen LogP contribution is 2.29. The van der Waals surface area contributed by atoms with Crippen LogP contribution in [0.1, 0.15) is 58.8 Å². The van der Waals surface area contributed by atoms with Crippen molar-refractivity contribution in [3.05, 3.63) is 12.2 Å². The van der Waals surface area contributed by atoms with E-state index in [0.29, 0.717) is 13.0 Å². The number of esters is 1. The summed E-state index contributed by atoms with van der Waals surface area (Å²) in [4.78, 5) is 22.9. The number of hydrogen-bond donors (Lipinski definition) is 1. The highest BCUT2D eigenvalue weighted by molar-refractivity contribution is 5.77. The summed E-state index contributed by atoms with van der Waals surface area (Å²) in [5.41, 5.74) is 0. The van der Waals surface area contributed by atoms with Crippen LogP contribution in [-0.2, 0) is 14.3 Å². The van der Waals surface area contributed by atoms with E-state index in [1.807, 2.05) is 6.92 Å². The van der Waals surface area contributed by atoms with E-state index in [-0.39, 0.29) is 17.8 Å². The first-order valence-electron chi connectivity index (χ1n) is 8.14. The van der Waals surface area contributed by atoms with E-state index < -0.39 is 11.9 Å². The molecule has 0 aromatic rings. The summed E-state index contributed by atoms with van der Waals surface area (Å²) < 4.78 is 5.29. The summed E-state index contributed by atoms with van der Waals surface area (Å²) >= 11 is 0. The number of aliphatic carboxylic acids is 1. The lowest BCUT2D eigenvalue weighted by Gasteiger charge is -2.25. The van der Waals surface area contributed by atoms with Crippen LogP contribution in [0.15, 0.2) is 12.2 Å². The molecular formula is C17H28O4. The van der Waals surface area contributed by atoms with Gasteiger partial charge in [-0.25, -0.2) is 0 Å². The second-order valence-corrected chi connectivity index (χ2v) is 6.00. The first kappa shape index (κ1) is 17.7. The molecule has 0 radical (unpaired) electrons. The molecule has 4 nitrogen and oxygen atoms in total. The second-order valence-electron chi connectivity index (χ2n) is 6.00. The van der Waals surface area contributed by atoms with Gasteiger partial charge in [0.2, 0.25) is 0 Å². The first-order valence-corrected chi connectivity index (χ1v) is 8.14. The van der Waals surface area contributed by atoms with Gasteiger partial charge in [0.15, 0.2) is 0 Å². The largest absolute Gasteiger partial charge is 0.481 e. The predicted molar refractivity (Wildman–Crippen MR) is 81.9 cm³/mol. The Bertz CT molecular complexity index is 362. The van der Waals surface area contributed by atoms with Gasteiger partial charge in [-0.15, -0.1) is 0 Å². The predicted octanol–water partition coefficient (Wildman–Crippen LogP) is 3.80. The summed E-state index contributed by atoms with van der Waals surface area (Å²) in [6.07, 6.45) is 10.9. The Kier molecular flexibility index (Phi) is 8.09. The number of carbonyl (C=O) groups excluding carboxylic acids is 1. The molecule has 0 saturated heterocycles. The molecule has 1 aliphatic rings. The molecule has 120 valence electrons. The Morgan fingerprint density at radius 2 is 1.81 bits per heavy atom. The lowest BCUT2D eigenvalue weighted by atomic mass is 9.80. The van der Waals surface area contributed by atoms with Gasteiger partial charge in [0.1, 0.15) is 0 Å². The van der Waals surface area contributed by atoms with Crippen LogP contribution in [-0.4, -0.2) is 23.7 Å². The molecule has 0 heterocycles. The third-order valence-corrected chi connectivity index (χ3v) is 4.12. The van der Waals surface area contributed by atoms with Gasteiger partial charge >= 0.3 is 11.9 Å². The number of rotatable bonds is 9. The SMILES string of the molecule is CCCCCCCCOC(=O)C1C=CC(C(=O)O)C(C)C1. The highest BCUT2D eigenvalue weighted by Gasteiger charge is 2.31. The number of hydrogen-bond acceptors (Lipinski definition) is 3. The van der Waals surface area contributed by atoms with Gasteiger partial charge in [0.05, 0.1) is 18.4 Å². The highest BCUT2D eigenvalue weighted by atomic mass is 16.5. The minimum Gasteiger partial charge on any atom is -0.481 e. The number of ether oxygens (including phenoxy) is 1. The van der Waals surface area contributed by atoms with Crippen molar-refractivity contribution in [3.63, 3.8) is 0 Å². The van der Waals surface area contributed by atoms with Crippen molar-refractivity contribution in [2.24, 2.45) is 17.8 Å². The number of unbranched alkanes of at least 4 members (excludes halogenated alkanes) is 5. The summed E-state index contributed by atoms with van der Waals surface area (Å²) in [5, 5.41) is 9.03. The summed E-state index contributed by atoms with van der Waals surface area (Å²) in [6, 6.07) is 0. The average Bonchev–Trinajstić information content (AvgIpc) is 2.45. The Labute approximate surface area is 127 Å². The lowest BCUT2D eigenvalue weighted by Crippen LogP contribution is -2.29. The number of carbonyl (C=O) groups is 2. The van der Waals surface area contributed by atoms with E-state index in [2.05, 4.69) is 6.92 Å². The third-order valence-electron chi connectivity index (χ3n) is 4.12. The van der Waals surface area contributed by atoms with Crippen molar-refractivity contribution < 1.29 is 19.4 Å². The molecule has 1 N–H and O–H groups in total. The zero-order valence-electron chi connectivity index (χ0n) is 13.2. The van der Waals surface area contributed by atoms with Crippen molar-refractivity contribution >= 4 is 11.9 Å². The molecule has 21 heavy (non-hydrogen) atoms. The van der Waals surface area contributed by atoms with Gasteiger partial charge in [-0.2, -0.15) is 0 Å². The zero-order valence-corrected chi connectivity index (χ0v) is 13.2. The zero-order chi connectivity index (χ0) is 15.7. The van der Waals surface area contributed by atoms with Crippen LogP contribution in [0.2, 0.25) is 0 Å². The normalized spacial score (nSPS) is 24.8. The maximum absolute atomic E-state index is 11.9. The van der Waals surface area contributed by atoms with Crippen LogP contribution in [0.25, 0.3) is 0 Å². The van der Waals surface area contributed by atoms with Crippen molar-refractivity contribution in [1.82, 2.24) is 0 Å². The first-order chi connectivity index (χ1) is 10.1. The van der Waals surface area contributed by atoms with Crippen LogP contribution < -0.4 is 0 Å². The fraction of sp³-hybridized carbons (Fsp3) is 0.765. The lowest BCUT2D eigenvalue weighted by molar-refractivity contribution is -0.149. The molecule has 4 heteroatoms. The molecule has 0 saturated carbocycles. The third kappa shape index (κ3) is 6.32. The summed E-state index contributed by atoms with van der Waals surface area (Å²) in [6.45, 7) is 4.54. The van der Waals surface area contributed by atoms with Crippen LogP contribution >= 0.6 is 0 Å². The quantitative estimate of drug-likeness (QED) is 0.399. The van der Waals surface area contributed by atoms with Gasteiger partial charge in [-0.1, -0.05) is 58.1 Å². The summed E-state index contributed by atoms with van der Waals surface area (Å²) in [5.74, 6) is -1.82. The summed E-state index contributed by atoms with van der Waals surface area (Å²) in [7, 11) is 0. The molecule has 0 aromatic carbocycles. The van der Waals surface area contributed by atoms with Gasteiger partial charge in [0.25, 0.3) is 0 Å². The van der Waals surface area contributed by atoms with Gasteiger partial charge in [-0.05, 0) is 18.8 Å². The van der Waals surface area contributed by atoms with E-state index >= 15 is 0 Å². The van der Waals surface area contributed by atoms with E-state index in [1.54, 1.807) is 12.2 Å². The molecule has 0 amide bonds. The van der Waals surface area contributed by atoms with Gasteiger partial charge in [-0.3, -0.25) is 9.59 Å². The fourth-order valence-corrected chi connectivity index (χ4v) is 2.73. The second kappa shape index (κ2) is 9.59. The Morgan fingerprint density at radius 1 is 1.14 bits per heavy atom. The molecule has 3 unspecified atom stereocenters. The Balaban J connectivity index is 2.21. The maximum Gasteiger partial charge on any atom is 0.312 e. The van der Waals surface area contributed by atoms with Crippen molar-refractivity contribution in [2.75, 3.05) is 6.61 Å². The Morgan fingerprint density at radius 3 is 2.43 bits per heavy atom. The Hall–Kier alpha value is -1.32. The number of carboxylic acid groups (broad SMARTS) is 1. The topological polar surface area (TPSA) is 63.6 Å². The van der Waals surface area contributed by atoms with Crippen LogP contribution in [0, 0.1) is 17.8 Å². The van der Waals surface area contributed by atoms with Crippen molar-refractivity contribution in [2.45, 2.75) is 58.8 Å². The number of carboxylic acids is 1. The monoisotopic (exact) mass is 296 g/mol. The average molecular weight is 296 g/mol. The molecule has 0 fully saturated rings. The van der Waals surface area contributed by atoms with E-state index in [1.165, 1.54) is 25.7 Å². The minimum atomic E-state index is -0.822. The molecule has 0 bridgehead atoms. The molecule has 1 aliphatic carbocycles. The molecule has 0 aromatic heterocycles. The van der Waals surface area contributed by atoms with Crippen molar-refractivity contribution in [1.29, 1.82) is 0 Å². The van der Waals surface area contributed by atoms with Crippen LogP contribution in [0.5, 0.6) is 0 Å². The van der Waals surface area contributed by atoms with Gasteiger partial charge in [0, 0.05) is 0 Å². The van der Waals surface area contributed by atoms with Crippen LogP contribution in [0.4, 0.5) is 0 Å². The van der Waals surface area contributed by atoms with Crippen molar-refractivity contribution in [3.8, 4) is 0 Å². The smallest absolute Gasteiger partial charge is 0.312 e. The van der Waals surface area contributed by atoms with E-state index in [4.69, 9.17) is 9.84 Å². The van der Waals surface area contributed by atoms with E-state index in [9.17, 15) is 9.59 Å². The molecule has 0 spiro atoms. The molecular weight excluding hydrogens is 268 g/mol. The van der Waals surface area contributed by atoms with Crippen LogP contribution in [0.3, 0.4) is 0 Å². The van der Waals surface area contributed by atoms with Gasteiger partial charge < -0.3 is 9.84 Å². The molecule has 3 atom stereocenters. The standard InChI is InChI=1S/C17H28O4/c1-3-4-5-6-7-8-11-21-17(20)14-9-10-15(16(18)19)13(2)12-14/h9-10,13-15H,3-8,11-12H2,1-2H3,(H,18,19). The maximum atomic E-state index is 11.9. The minimum absolute atomic E-state index is 0.0286. The molecule has 0 aliphatic heterocycles. The molecule has 1 rings (SSSR count). The fourth-order valence-electron chi connectivity index (χ4n) is 2.73.